The number of halogens is 1. The van der Waals surface area contributed by atoms with E-state index in [1.54, 1.807) is 0 Å². The Labute approximate surface area is 124 Å². The molecule has 4 aliphatic rings. The van der Waals surface area contributed by atoms with Gasteiger partial charge in [-0.15, -0.1) is 0 Å². The molecular weight excluding hydrogens is 267 g/mol. The largest absolute Gasteiger partial charge is 0.362 e. The molecule has 21 heavy (non-hydrogen) atoms. The first kappa shape index (κ1) is 13.4. The molecule has 3 heteroatoms. The minimum absolute atomic E-state index is 0.139. The van der Waals surface area contributed by atoms with E-state index in [1.807, 2.05) is 12.1 Å². The lowest BCUT2D eigenvalue weighted by atomic mass is 9.48. The summed E-state index contributed by atoms with van der Waals surface area (Å²) in [6, 6.07) is 6.77. The predicted molar refractivity (Wildman–Crippen MR) is 77.1 cm³/mol. The molecule has 0 saturated heterocycles. The third-order valence-corrected chi connectivity index (χ3v) is 6.04. The highest BCUT2D eigenvalue weighted by atomic mass is 19.1. The molecule has 4 fully saturated rings. The molecule has 1 aromatic carbocycles. The van der Waals surface area contributed by atoms with Gasteiger partial charge in [0.15, 0.2) is 0 Å². The maximum absolute atomic E-state index is 13.3. The van der Waals surface area contributed by atoms with E-state index in [4.69, 9.17) is 4.74 Å². The van der Waals surface area contributed by atoms with E-state index < -0.39 is 0 Å². The minimum Gasteiger partial charge on any atom is -0.362 e. The van der Waals surface area contributed by atoms with Gasteiger partial charge in [-0.1, -0.05) is 12.1 Å². The number of hydrogen-bond acceptors (Lipinski definition) is 2. The van der Waals surface area contributed by atoms with Gasteiger partial charge in [0.1, 0.15) is 18.7 Å². The normalized spacial score (nSPS) is 40.4. The van der Waals surface area contributed by atoms with Crippen molar-refractivity contribution >= 4 is 6.29 Å². The van der Waals surface area contributed by atoms with Crippen molar-refractivity contribution in [2.24, 2.45) is 23.7 Å². The number of hydrogen-bond donors (Lipinski definition) is 0. The lowest BCUT2D eigenvalue weighted by Gasteiger charge is -2.60. The summed E-state index contributed by atoms with van der Waals surface area (Å²) in [7, 11) is 0. The summed E-state index contributed by atoms with van der Waals surface area (Å²) in [5.74, 6) is 2.42. The van der Waals surface area contributed by atoms with Crippen LogP contribution in [0.2, 0.25) is 0 Å². The Morgan fingerprint density at radius 2 is 1.62 bits per heavy atom. The van der Waals surface area contributed by atoms with Crippen LogP contribution in [0.1, 0.15) is 37.7 Å². The molecule has 112 valence electrons. The Bertz CT molecular complexity index is 509. The van der Waals surface area contributed by atoms with Gasteiger partial charge in [-0.3, -0.25) is 0 Å². The summed E-state index contributed by atoms with van der Waals surface area (Å²) in [6.07, 6.45) is 7.01. The molecule has 0 N–H and O–H groups in total. The van der Waals surface area contributed by atoms with Crippen LogP contribution in [0.5, 0.6) is 0 Å². The van der Waals surface area contributed by atoms with Crippen LogP contribution in [0.3, 0.4) is 0 Å². The molecular formula is C18H21FO2. The summed E-state index contributed by atoms with van der Waals surface area (Å²) in [5.41, 5.74) is 0.710. The van der Waals surface area contributed by atoms with Crippen molar-refractivity contribution < 1.29 is 13.9 Å². The molecule has 0 heterocycles. The first-order chi connectivity index (χ1) is 10.2. The Balaban J connectivity index is 1.77. The third-order valence-electron chi connectivity index (χ3n) is 6.04. The topological polar surface area (TPSA) is 26.3 Å². The number of rotatable bonds is 4. The van der Waals surface area contributed by atoms with Crippen LogP contribution < -0.4 is 0 Å². The van der Waals surface area contributed by atoms with E-state index in [1.165, 1.54) is 44.2 Å². The monoisotopic (exact) mass is 288 g/mol. The Morgan fingerprint density at radius 3 is 2.14 bits per heavy atom. The number of carbonyl (C=O) groups is 1. The number of benzene rings is 1. The molecule has 0 spiro atoms. The average Bonchev–Trinajstić information content (AvgIpc) is 2.48. The fraction of sp³-hybridized carbons (Fsp3) is 0.611. The first-order valence-corrected chi connectivity index (χ1v) is 8.06. The van der Waals surface area contributed by atoms with Crippen molar-refractivity contribution in [2.45, 2.75) is 37.7 Å². The Hall–Kier alpha value is -1.22. The summed E-state index contributed by atoms with van der Waals surface area (Å²) in [5, 5.41) is 0. The van der Waals surface area contributed by atoms with Crippen LogP contribution in [-0.4, -0.2) is 12.9 Å². The molecule has 0 atom stereocenters. The summed E-state index contributed by atoms with van der Waals surface area (Å²) in [6.45, 7) is 0.139. The van der Waals surface area contributed by atoms with Gasteiger partial charge in [-0.25, -0.2) is 4.39 Å². The molecule has 2 nitrogen and oxygen atoms in total. The molecule has 0 unspecified atom stereocenters. The molecule has 4 saturated carbocycles. The van der Waals surface area contributed by atoms with Crippen LogP contribution in [0, 0.1) is 29.5 Å². The predicted octanol–water partition coefficient (Wildman–Crippen LogP) is 3.69. The quantitative estimate of drug-likeness (QED) is 0.790. The van der Waals surface area contributed by atoms with Gasteiger partial charge in [0.25, 0.3) is 0 Å². The third kappa shape index (κ3) is 1.97. The summed E-state index contributed by atoms with van der Waals surface area (Å²) >= 11 is 0. The van der Waals surface area contributed by atoms with E-state index in [0.29, 0.717) is 11.8 Å². The van der Waals surface area contributed by atoms with Gasteiger partial charge in [-0.2, -0.15) is 0 Å². The lowest BCUT2D eigenvalue weighted by Crippen LogP contribution is -2.57. The van der Waals surface area contributed by atoms with Gasteiger partial charge < -0.3 is 9.53 Å². The van der Waals surface area contributed by atoms with Gasteiger partial charge in [0, 0.05) is 0 Å². The van der Waals surface area contributed by atoms with Crippen molar-refractivity contribution in [3.05, 3.63) is 35.6 Å². The van der Waals surface area contributed by atoms with Crippen LogP contribution in [-0.2, 0) is 15.1 Å². The van der Waals surface area contributed by atoms with Crippen molar-refractivity contribution in [2.75, 3.05) is 6.61 Å². The van der Waals surface area contributed by atoms with Crippen molar-refractivity contribution in [3.8, 4) is 0 Å². The average molecular weight is 288 g/mol. The highest BCUT2D eigenvalue weighted by Gasteiger charge is 2.58. The fourth-order valence-corrected chi connectivity index (χ4v) is 5.56. The SMILES string of the molecule is O=CCOC1(c2ccc(F)cc2)C2CC3CC(C2)CC1C3. The number of ether oxygens (including phenoxy) is 1. The maximum atomic E-state index is 13.3. The number of aldehydes is 1. The minimum atomic E-state index is -0.359. The molecule has 5 rings (SSSR count). The van der Waals surface area contributed by atoms with Gasteiger partial charge in [-0.05, 0) is 73.5 Å². The Morgan fingerprint density at radius 1 is 1.05 bits per heavy atom. The molecule has 0 aliphatic heterocycles. The van der Waals surface area contributed by atoms with E-state index in [0.717, 1.165) is 23.7 Å². The van der Waals surface area contributed by atoms with E-state index >= 15 is 0 Å². The molecule has 0 radical (unpaired) electrons. The van der Waals surface area contributed by atoms with E-state index in [-0.39, 0.29) is 18.0 Å². The van der Waals surface area contributed by atoms with Crippen LogP contribution in [0.25, 0.3) is 0 Å². The van der Waals surface area contributed by atoms with Crippen molar-refractivity contribution in [3.63, 3.8) is 0 Å². The van der Waals surface area contributed by atoms with Gasteiger partial charge in [0.2, 0.25) is 0 Å². The molecule has 4 bridgehead atoms. The van der Waals surface area contributed by atoms with Crippen LogP contribution >= 0.6 is 0 Å². The zero-order valence-electron chi connectivity index (χ0n) is 12.1. The lowest BCUT2D eigenvalue weighted by molar-refractivity contribution is -0.209. The zero-order valence-corrected chi connectivity index (χ0v) is 12.1. The van der Waals surface area contributed by atoms with Crippen molar-refractivity contribution in [1.29, 1.82) is 0 Å². The molecule has 4 aliphatic carbocycles. The van der Waals surface area contributed by atoms with Crippen LogP contribution in [0.15, 0.2) is 24.3 Å². The van der Waals surface area contributed by atoms with Crippen molar-refractivity contribution in [1.82, 2.24) is 0 Å². The van der Waals surface area contributed by atoms with E-state index in [2.05, 4.69) is 0 Å². The zero-order chi connectivity index (χ0) is 14.4. The van der Waals surface area contributed by atoms with E-state index in [9.17, 15) is 9.18 Å². The number of carbonyl (C=O) groups excluding carboxylic acids is 1. The second-order valence-electron chi connectivity index (χ2n) is 7.08. The summed E-state index contributed by atoms with van der Waals surface area (Å²) in [4.78, 5) is 10.9. The molecule has 1 aromatic rings. The standard InChI is InChI=1S/C18H21FO2/c19-17-3-1-14(2-4-17)18(21-6-5-20)15-8-12-7-13(10-15)11-16(18)9-12/h1-5,12-13,15-16H,6-11H2. The Kier molecular flexibility index (Phi) is 3.14. The second-order valence-corrected chi connectivity index (χ2v) is 7.08. The highest BCUT2D eigenvalue weighted by molar-refractivity contribution is 5.50. The summed E-state index contributed by atoms with van der Waals surface area (Å²) < 4.78 is 19.5. The first-order valence-electron chi connectivity index (χ1n) is 8.06. The van der Waals surface area contributed by atoms with Gasteiger partial charge in [0.05, 0.1) is 5.60 Å². The highest BCUT2D eigenvalue weighted by Crippen LogP contribution is 2.63. The molecule has 0 amide bonds. The maximum Gasteiger partial charge on any atom is 0.145 e. The van der Waals surface area contributed by atoms with Crippen LogP contribution in [0.4, 0.5) is 4.39 Å². The molecule has 0 aromatic heterocycles. The second kappa shape index (κ2) is 4.91. The van der Waals surface area contributed by atoms with Gasteiger partial charge >= 0.3 is 0 Å². The smallest absolute Gasteiger partial charge is 0.145 e. The fourth-order valence-electron chi connectivity index (χ4n) is 5.56.